The Hall–Kier alpha value is -2.07. The second-order valence-electron chi connectivity index (χ2n) is 4.40. The second-order valence-corrected chi connectivity index (χ2v) is 4.40. The van der Waals surface area contributed by atoms with Crippen molar-refractivity contribution in [2.45, 2.75) is 20.0 Å². The summed E-state index contributed by atoms with van der Waals surface area (Å²) in [4.78, 5) is 4.06. The van der Waals surface area contributed by atoms with Crippen LogP contribution in [0.3, 0.4) is 0 Å². The van der Waals surface area contributed by atoms with Crippen LogP contribution in [0.1, 0.15) is 16.7 Å². The van der Waals surface area contributed by atoms with Crippen LogP contribution in [0, 0.1) is 6.92 Å². The molecule has 0 amide bonds. The van der Waals surface area contributed by atoms with Gasteiger partial charge in [-0.2, -0.15) is 0 Å². The van der Waals surface area contributed by atoms with Crippen molar-refractivity contribution >= 4 is 0 Å². The highest BCUT2D eigenvalue weighted by molar-refractivity contribution is 5.39. The summed E-state index contributed by atoms with van der Waals surface area (Å²) >= 11 is 0. The second kappa shape index (κ2) is 6.20. The molecule has 4 nitrogen and oxygen atoms in total. The molecule has 0 aliphatic carbocycles. The first-order valence-corrected chi connectivity index (χ1v) is 6.17. The van der Waals surface area contributed by atoms with Crippen LogP contribution in [0.5, 0.6) is 11.5 Å². The van der Waals surface area contributed by atoms with E-state index in [9.17, 15) is 5.11 Å². The average Bonchev–Trinajstić information content (AvgIpc) is 2.42. The van der Waals surface area contributed by atoms with Gasteiger partial charge in [0.2, 0.25) is 0 Å². The predicted octanol–water partition coefficient (Wildman–Crippen LogP) is 2.39. The van der Waals surface area contributed by atoms with Crippen molar-refractivity contribution in [1.82, 2.24) is 10.3 Å². The van der Waals surface area contributed by atoms with Crippen LogP contribution in [0.25, 0.3) is 0 Å². The number of nitrogens with one attached hydrogen (secondary N) is 1. The third-order valence-electron chi connectivity index (χ3n) is 3.06. The molecule has 2 N–H and O–H groups in total. The van der Waals surface area contributed by atoms with Crippen LogP contribution >= 0.6 is 0 Å². The standard InChI is InChI=1S/C15H18N2O2/c1-11-8-16-6-5-12(11)9-17-10-13-3-4-14(19-2)7-15(13)18/h3-8,17-18H,9-10H2,1-2H3. The fourth-order valence-electron chi connectivity index (χ4n) is 1.85. The quantitative estimate of drug-likeness (QED) is 0.864. The Kier molecular flexibility index (Phi) is 4.36. The molecular weight excluding hydrogens is 240 g/mol. The fourth-order valence-corrected chi connectivity index (χ4v) is 1.85. The third kappa shape index (κ3) is 3.45. The van der Waals surface area contributed by atoms with Crippen molar-refractivity contribution in [3.63, 3.8) is 0 Å². The first-order chi connectivity index (χ1) is 9.20. The molecule has 0 unspecified atom stereocenters. The number of benzene rings is 1. The number of aromatic hydroxyl groups is 1. The summed E-state index contributed by atoms with van der Waals surface area (Å²) in [5.41, 5.74) is 3.23. The van der Waals surface area contributed by atoms with Crippen molar-refractivity contribution in [2.75, 3.05) is 7.11 Å². The molecule has 0 aliphatic heterocycles. The summed E-state index contributed by atoms with van der Waals surface area (Å²) < 4.78 is 5.05. The van der Waals surface area contributed by atoms with Crippen LogP contribution < -0.4 is 10.1 Å². The zero-order valence-electron chi connectivity index (χ0n) is 11.2. The lowest BCUT2D eigenvalue weighted by Gasteiger charge is -2.09. The molecule has 4 heteroatoms. The van der Waals surface area contributed by atoms with Crippen molar-refractivity contribution in [3.05, 3.63) is 53.3 Å². The Morgan fingerprint density at radius 1 is 1.21 bits per heavy atom. The number of hydrogen-bond acceptors (Lipinski definition) is 4. The highest BCUT2D eigenvalue weighted by Crippen LogP contribution is 2.23. The van der Waals surface area contributed by atoms with Gasteiger partial charge in [0.05, 0.1) is 7.11 Å². The predicted molar refractivity (Wildman–Crippen MR) is 74.2 cm³/mol. The maximum atomic E-state index is 9.84. The van der Waals surface area contributed by atoms with Gasteiger partial charge in [0, 0.05) is 37.1 Å². The topological polar surface area (TPSA) is 54.4 Å². The lowest BCUT2D eigenvalue weighted by Crippen LogP contribution is -2.13. The number of aromatic nitrogens is 1. The van der Waals surface area contributed by atoms with E-state index in [2.05, 4.69) is 10.3 Å². The number of aryl methyl sites for hydroxylation is 1. The Balaban J connectivity index is 1.94. The molecule has 2 rings (SSSR count). The van der Waals surface area contributed by atoms with Gasteiger partial charge in [0.1, 0.15) is 11.5 Å². The molecule has 19 heavy (non-hydrogen) atoms. The largest absolute Gasteiger partial charge is 0.507 e. The molecule has 0 fully saturated rings. The van der Waals surface area contributed by atoms with Crippen LogP contribution in [0.2, 0.25) is 0 Å². The molecule has 0 aliphatic rings. The molecule has 0 saturated carbocycles. The Labute approximate surface area is 113 Å². The van der Waals surface area contributed by atoms with Crippen molar-refractivity contribution in [3.8, 4) is 11.5 Å². The number of nitrogens with zero attached hydrogens (tertiary/aromatic N) is 1. The smallest absolute Gasteiger partial charge is 0.123 e. The Morgan fingerprint density at radius 2 is 2.00 bits per heavy atom. The van der Waals surface area contributed by atoms with Gasteiger partial charge in [-0.15, -0.1) is 0 Å². The Bertz CT molecular complexity index is 556. The van der Waals surface area contributed by atoms with E-state index in [0.29, 0.717) is 12.3 Å². The molecule has 0 saturated heterocycles. The van der Waals surface area contributed by atoms with Crippen molar-refractivity contribution in [1.29, 1.82) is 0 Å². The zero-order chi connectivity index (χ0) is 13.7. The maximum absolute atomic E-state index is 9.84. The average molecular weight is 258 g/mol. The highest BCUT2D eigenvalue weighted by atomic mass is 16.5. The van der Waals surface area contributed by atoms with Gasteiger partial charge >= 0.3 is 0 Å². The van der Waals surface area contributed by atoms with Gasteiger partial charge in [-0.1, -0.05) is 6.07 Å². The number of phenolic OH excluding ortho intramolecular Hbond substituents is 1. The van der Waals surface area contributed by atoms with Crippen LogP contribution in [0.15, 0.2) is 36.7 Å². The minimum absolute atomic E-state index is 0.248. The summed E-state index contributed by atoms with van der Waals surface area (Å²) in [6, 6.07) is 7.32. The van der Waals surface area contributed by atoms with E-state index < -0.39 is 0 Å². The van der Waals surface area contributed by atoms with Gasteiger partial charge in [-0.25, -0.2) is 0 Å². The normalized spacial score (nSPS) is 10.4. The van der Waals surface area contributed by atoms with E-state index >= 15 is 0 Å². The summed E-state index contributed by atoms with van der Waals surface area (Å²) in [6.07, 6.45) is 3.64. The number of pyridine rings is 1. The van der Waals surface area contributed by atoms with Crippen LogP contribution in [0.4, 0.5) is 0 Å². The molecular formula is C15H18N2O2. The van der Waals surface area contributed by atoms with Gasteiger partial charge in [-0.3, -0.25) is 4.98 Å². The van der Waals surface area contributed by atoms with Crippen molar-refractivity contribution in [2.24, 2.45) is 0 Å². The fraction of sp³-hybridized carbons (Fsp3) is 0.267. The van der Waals surface area contributed by atoms with Gasteiger partial charge in [-0.05, 0) is 30.2 Å². The minimum atomic E-state index is 0.248. The molecule has 2 aromatic rings. The van der Waals surface area contributed by atoms with E-state index in [0.717, 1.165) is 17.7 Å². The zero-order valence-corrected chi connectivity index (χ0v) is 11.2. The summed E-state index contributed by atoms with van der Waals surface area (Å²) in [5.74, 6) is 0.907. The lowest BCUT2D eigenvalue weighted by atomic mass is 10.1. The van der Waals surface area contributed by atoms with E-state index in [4.69, 9.17) is 4.74 Å². The highest BCUT2D eigenvalue weighted by Gasteiger charge is 2.03. The number of ether oxygens (including phenoxy) is 1. The van der Waals surface area contributed by atoms with Gasteiger partial charge in [0.25, 0.3) is 0 Å². The molecule has 0 spiro atoms. The van der Waals surface area contributed by atoms with Gasteiger partial charge < -0.3 is 15.2 Å². The third-order valence-corrected chi connectivity index (χ3v) is 3.06. The Morgan fingerprint density at radius 3 is 2.68 bits per heavy atom. The van der Waals surface area contributed by atoms with E-state index in [1.54, 1.807) is 19.4 Å². The first-order valence-electron chi connectivity index (χ1n) is 6.17. The molecule has 1 aromatic carbocycles. The molecule has 1 heterocycles. The number of rotatable bonds is 5. The molecule has 100 valence electrons. The number of hydrogen-bond donors (Lipinski definition) is 2. The summed E-state index contributed by atoms with van der Waals surface area (Å²) in [6.45, 7) is 3.40. The molecule has 1 aromatic heterocycles. The number of methoxy groups -OCH3 is 1. The minimum Gasteiger partial charge on any atom is -0.507 e. The van der Waals surface area contributed by atoms with E-state index in [1.165, 1.54) is 5.56 Å². The molecule has 0 radical (unpaired) electrons. The SMILES string of the molecule is COc1ccc(CNCc2ccncc2C)c(O)c1. The first kappa shape index (κ1) is 13.4. The lowest BCUT2D eigenvalue weighted by molar-refractivity contribution is 0.406. The van der Waals surface area contributed by atoms with Gasteiger partial charge in [0.15, 0.2) is 0 Å². The van der Waals surface area contributed by atoms with E-state index in [-0.39, 0.29) is 5.75 Å². The molecule has 0 bridgehead atoms. The number of phenols is 1. The monoisotopic (exact) mass is 258 g/mol. The van der Waals surface area contributed by atoms with Crippen molar-refractivity contribution < 1.29 is 9.84 Å². The van der Waals surface area contributed by atoms with Crippen LogP contribution in [-0.4, -0.2) is 17.2 Å². The summed E-state index contributed by atoms with van der Waals surface area (Å²) in [7, 11) is 1.58. The molecule has 0 atom stereocenters. The summed E-state index contributed by atoms with van der Waals surface area (Å²) in [5, 5.41) is 13.2. The maximum Gasteiger partial charge on any atom is 0.123 e. The van der Waals surface area contributed by atoms with E-state index in [1.807, 2.05) is 31.3 Å². The van der Waals surface area contributed by atoms with Crippen LogP contribution in [-0.2, 0) is 13.1 Å².